The molecular formula is C21H27NO4. The van der Waals surface area contributed by atoms with Gasteiger partial charge in [-0.3, -0.25) is 4.79 Å². The summed E-state index contributed by atoms with van der Waals surface area (Å²) in [6.45, 7) is 4.55. The highest BCUT2D eigenvalue weighted by atomic mass is 16.5. The number of amides is 1. The monoisotopic (exact) mass is 357 g/mol. The molecule has 0 saturated heterocycles. The van der Waals surface area contributed by atoms with Gasteiger partial charge in [-0.15, -0.1) is 0 Å². The molecular weight excluding hydrogens is 330 g/mol. The number of nitrogens with one attached hydrogen (secondary N) is 1. The van der Waals surface area contributed by atoms with E-state index in [0.717, 1.165) is 23.3 Å². The fraction of sp³-hybridized carbons (Fsp3) is 0.381. The second kappa shape index (κ2) is 9.70. The molecule has 0 unspecified atom stereocenters. The van der Waals surface area contributed by atoms with Gasteiger partial charge in [0.1, 0.15) is 5.75 Å². The van der Waals surface area contributed by atoms with Crippen LogP contribution in [0.4, 0.5) is 0 Å². The van der Waals surface area contributed by atoms with Crippen molar-refractivity contribution in [2.45, 2.75) is 32.7 Å². The Bertz CT molecular complexity index is 712. The van der Waals surface area contributed by atoms with Gasteiger partial charge in [0.25, 0.3) is 0 Å². The molecule has 0 spiro atoms. The van der Waals surface area contributed by atoms with E-state index in [0.29, 0.717) is 24.5 Å². The van der Waals surface area contributed by atoms with Gasteiger partial charge in [0.15, 0.2) is 11.5 Å². The minimum Gasteiger partial charge on any atom is -0.494 e. The van der Waals surface area contributed by atoms with Crippen molar-refractivity contribution >= 4 is 5.91 Å². The molecule has 0 aliphatic carbocycles. The van der Waals surface area contributed by atoms with E-state index in [9.17, 15) is 4.79 Å². The van der Waals surface area contributed by atoms with Gasteiger partial charge in [-0.1, -0.05) is 25.1 Å². The summed E-state index contributed by atoms with van der Waals surface area (Å²) in [5, 5.41) is 3.11. The number of benzene rings is 2. The molecule has 0 aliphatic rings. The molecule has 2 rings (SSSR count). The fourth-order valence-electron chi connectivity index (χ4n) is 2.77. The molecule has 1 atom stereocenters. The summed E-state index contributed by atoms with van der Waals surface area (Å²) in [6.07, 6.45) is 1.29. The van der Waals surface area contributed by atoms with Crippen molar-refractivity contribution in [2.75, 3.05) is 20.8 Å². The van der Waals surface area contributed by atoms with E-state index < -0.39 is 0 Å². The molecule has 140 valence electrons. The Morgan fingerprint density at radius 2 is 1.62 bits per heavy atom. The van der Waals surface area contributed by atoms with Crippen molar-refractivity contribution < 1.29 is 19.0 Å². The predicted molar refractivity (Wildman–Crippen MR) is 102 cm³/mol. The van der Waals surface area contributed by atoms with Gasteiger partial charge in [0.05, 0.1) is 26.9 Å². The van der Waals surface area contributed by atoms with Crippen LogP contribution in [0.15, 0.2) is 42.5 Å². The zero-order valence-corrected chi connectivity index (χ0v) is 15.9. The van der Waals surface area contributed by atoms with E-state index in [1.54, 1.807) is 14.2 Å². The minimum absolute atomic E-state index is 0.0150. The van der Waals surface area contributed by atoms with Gasteiger partial charge in [-0.25, -0.2) is 0 Å². The van der Waals surface area contributed by atoms with Crippen LogP contribution >= 0.6 is 0 Å². The second-order valence-electron chi connectivity index (χ2n) is 5.87. The molecule has 2 aromatic carbocycles. The Morgan fingerprint density at radius 3 is 2.19 bits per heavy atom. The molecule has 0 fully saturated rings. The van der Waals surface area contributed by atoms with Gasteiger partial charge in [-0.05, 0) is 48.7 Å². The Balaban J connectivity index is 2.38. The normalized spacial score (nSPS) is 11.5. The first-order valence-electron chi connectivity index (χ1n) is 8.86. The van der Waals surface area contributed by atoms with Crippen molar-refractivity contribution in [3.8, 4) is 17.2 Å². The summed E-state index contributed by atoms with van der Waals surface area (Å²) in [7, 11) is 3.20. The van der Waals surface area contributed by atoms with Crippen LogP contribution in [0.1, 0.15) is 43.9 Å². The molecule has 5 nitrogen and oxygen atoms in total. The summed E-state index contributed by atoms with van der Waals surface area (Å²) in [5.74, 6) is 2.11. The van der Waals surface area contributed by atoms with Gasteiger partial charge in [-0.2, -0.15) is 0 Å². The number of rotatable bonds is 9. The van der Waals surface area contributed by atoms with Crippen LogP contribution in [0.2, 0.25) is 0 Å². The third kappa shape index (κ3) is 4.91. The van der Waals surface area contributed by atoms with Crippen molar-refractivity contribution in [2.24, 2.45) is 0 Å². The van der Waals surface area contributed by atoms with E-state index >= 15 is 0 Å². The van der Waals surface area contributed by atoms with Gasteiger partial charge >= 0.3 is 0 Å². The Morgan fingerprint density at radius 1 is 0.962 bits per heavy atom. The first-order valence-corrected chi connectivity index (χ1v) is 8.86. The standard InChI is InChI=1S/C21H27NO4/c1-5-7-20(23)22-21(15-8-11-17(12-9-15)26-6-2)16-10-13-18(24-3)19(14-16)25-4/h8-14,21H,5-7H2,1-4H3,(H,22,23)/t21-/m1/s1. The van der Waals surface area contributed by atoms with Crippen LogP contribution in [0.5, 0.6) is 17.2 Å². The van der Waals surface area contributed by atoms with Crippen LogP contribution in [-0.2, 0) is 4.79 Å². The van der Waals surface area contributed by atoms with Gasteiger partial charge in [0.2, 0.25) is 5.91 Å². The lowest BCUT2D eigenvalue weighted by molar-refractivity contribution is -0.121. The largest absolute Gasteiger partial charge is 0.494 e. The van der Waals surface area contributed by atoms with Gasteiger partial charge < -0.3 is 19.5 Å². The van der Waals surface area contributed by atoms with Crippen molar-refractivity contribution in [1.29, 1.82) is 0 Å². The molecule has 1 amide bonds. The molecule has 26 heavy (non-hydrogen) atoms. The van der Waals surface area contributed by atoms with Crippen LogP contribution in [0.25, 0.3) is 0 Å². The summed E-state index contributed by atoms with van der Waals surface area (Å²) < 4.78 is 16.2. The Kier molecular flexibility index (Phi) is 7.33. The molecule has 1 N–H and O–H groups in total. The van der Waals surface area contributed by atoms with E-state index in [1.807, 2.05) is 56.3 Å². The van der Waals surface area contributed by atoms with Crippen molar-refractivity contribution in [3.63, 3.8) is 0 Å². The van der Waals surface area contributed by atoms with Crippen molar-refractivity contribution in [3.05, 3.63) is 53.6 Å². The lowest BCUT2D eigenvalue weighted by atomic mass is 9.97. The third-order valence-corrected chi connectivity index (χ3v) is 4.05. The molecule has 2 aromatic rings. The molecule has 5 heteroatoms. The lowest BCUT2D eigenvalue weighted by Gasteiger charge is -2.21. The van der Waals surface area contributed by atoms with Crippen LogP contribution in [0.3, 0.4) is 0 Å². The molecule has 0 saturated carbocycles. The number of hydrogen-bond acceptors (Lipinski definition) is 4. The Labute approximate surface area is 155 Å². The maximum absolute atomic E-state index is 12.3. The van der Waals surface area contributed by atoms with Crippen molar-refractivity contribution in [1.82, 2.24) is 5.32 Å². The molecule has 0 aliphatic heterocycles. The van der Waals surface area contributed by atoms with E-state index in [-0.39, 0.29) is 11.9 Å². The van der Waals surface area contributed by atoms with E-state index in [1.165, 1.54) is 0 Å². The minimum atomic E-state index is -0.274. The van der Waals surface area contributed by atoms with E-state index in [2.05, 4.69) is 5.32 Å². The van der Waals surface area contributed by atoms with E-state index in [4.69, 9.17) is 14.2 Å². The maximum Gasteiger partial charge on any atom is 0.220 e. The highest BCUT2D eigenvalue weighted by molar-refractivity contribution is 5.77. The molecule has 0 aromatic heterocycles. The zero-order valence-electron chi connectivity index (χ0n) is 15.9. The number of carbonyl (C=O) groups is 1. The lowest BCUT2D eigenvalue weighted by Crippen LogP contribution is -2.29. The highest BCUT2D eigenvalue weighted by Crippen LogP contribution is 2.32. The molecule has 0 radical (unpaired) electrons. The SMILES string of the molecule is CCCC(=O)N[C@H](c1ccc(OCC)cc1)c1ccc(OC)c(OC)c1. The van der Waals surface area contributed by atoms with Crippen LogP contribution in [0, 0.1) is 0 Å². The number of ether oxygens (including phenoxy) is 3. The summed E-state index contributed by atoms with van der Waals surface area (Å²) >= 11 is 0. The number of hydrogen-bond donors (Lipinski definition) is 1. The molecule has 0 bridgehead atoms. The van der Waals surface area contributed by atoms with Crippen LogP contribution in [-0.4, -0.2) is 26.7 Å². The first kappa shape index (κ1) is 19.6. The fourth-order valence-corrected chi connectivity index (χ4v) is 2.77. The quantitative estimate of drug-likeness (QED) is 0.734. The van der Waals surface area contributed by atoms with Gasteiger partial charge in [0, 0.05) is 6.42 Å². The topological polar surface area (TPSA) is 56.8 Å². The average Bonchev–Trinajstić information content (AvgIpc) is 2.67. The highest BCUT2D eigenvalue weighted by Gasteiger charge is 2.19. The first-order chi connectivity index (χ1) is 12.6. The Hall–Kier alpha value is -2.69. The number of carbonyl (C=O) groups excluding carboxylic acids is 1. The summed E-state index contributed by atoms with van der Waals surface area (Å²) in [5.41, 5.74) is 1.90. The smallest absolute Gasteiger partial charge is 0.220 e. The van der Waals surface area contributed by atoms with Crippen LogP contribution < -0.4 is 19.5 Å². The average molecular weight is 357 g/mol. The third-order valence-electron chi connectivity index (χ3n) is 4.05. The summed E-state index contributed by atoms with van der Waals surface area (Å²) in [4.78, 5) is 12.3. The molecule has 0 heterocycles. The number of methoxy groups -OCH3 is 2. The summed E-state index contributed by atoms with van der Waals surface area (Å²) in [6, 6.07) is 13.2. The maximum atomic E-state index is 12.3. The second-order valence-corrected chi connectivity index (χ2v) is 5.87. The zero-order chi connectivity index (χ0) is 18.9. The predicted octanol–water partition coefficient (Wildman–Crippen LogP) is 4.11.